The number of anilines is 1. The lowest BCUT2D eigenvalue weighted by molar-refractivity contribution is -0.124. The van der Waals surface area contributed by atoms with Gasteiger partial charge in [-0.2, -0.15) is 0 Å². The first kappa shape index (κ1) is 22.3. The number of phenols is 1. The largest absolute Gasteiger partial charge is 0.505 e. The van der Waals surface area contributed by atoms with E-state index in [1.807, 2.05) is 18.4 Å². The molecule has 0 aliphatic heterocycles. The van der Waals surface area contributed by atoms with E-state index in [1.54, 1.807) is 30.8 Å². The molecule has 2 rings (SSSR count). The molecule has 0 spiro atoms. The number of hydrogen-bond donors (Lipinski definition) is 4. The van der Waals surface area contributed by atoms with E-state index < -0.39 is 35.6 Å². The van der Waals surface area contributed by atoms with Gasteiger partial charge >= 0.3 is 6.09 Å². The maximum atomic E-state index is 13.8. The Bertz CT molecular complexity index is 889. The van der Waals surface area contributed by atoms with Crippen molar-refractivity contribution in [2.45, 2.75) is 17.9 Å². The van der Waals surface area contributed by atoms with Crippen molar-refractivity contribution in [2.24, 2.45) is 5.92 Å². The summed E-state index contributed by atoms with van der Waals surface area (Å²) in [5, 5.41) is 20.6. The molecule has 2 aromatic rings. The Balaban J connectivity index is 2.20. The molecule has 2 aromatic carbocycles. The molecule has 2 amide bonds. The molecule has 29 heavy (non-hydrogen) atoms. The Hall–Kier alpha value is -3.04. The highest BCUT2D eigenvalue weighted by Gasteiger charge is 2.23. The smallest absolute Gasteiger partial charge is 0.412 e. The summed E-state index contributed by atoms with van der Waals surface area (Å²) in [7, 11) is 0. The topological polar surface area (TPSA) is 108 Å². The lowest BCUT2D eigenvalue weighted by Crippen LogP contribution is -2.22. The van der Waals surface area contributed by atoms with Gasteiger partial charge in [-0.05, 0) is 48.2 Å². The second-order valence-electron chi connectivity index (χ2n) is 6.08. The predicted molar refractivity (Wildman–Crippen MR) is 107 cm³/mol. The van der Waals surface area contributed by atoms with Gasteiger partial charge in [0.25, 0.3) is 5.91 Å². The fourth-order valence-electron chi connectivity index (χ4n) is 2.49. The van der Waals surface area contributed by atoms with E-state index in [0.29, 0.717) is 5.69 Å². The normalized spacial score (nSPS) is 13.0. The first-order valence-corrected chi connectivity index (χ1v) is 9.79. The van der Waals surface area contributed by atoms with Crippen molar-refractivity contribution in [3.63, 3.8) is 0 Å². The zero-order valence-corrected chi connectivity index (χ0v) is 16.6. The van der Waals surface area contributed by atoms with Crippen molar-refractivity contribution >= 4 is 29.4 Å². The summed E-state index contributed by atoms with van der Waals surface area (Å²) in [6, 6.07) is 10.7. The number of ether oxygens (including phenoxy) is 1. The number of carbonyl (C=O) groups excluding carboxylic acids is 2. The first-order valence-electron chi connectivity index (χ1n) is 8.56. The SMILES string of the molecule is CSc1ccc(NC(=O)O[C@H](c2ccc(O)c(F)c2)[C@H](C)/C=C/C(=O)NO)cc1. The van der Waals surface area contributed by atoms with E-state index >= 15 is 0 Å². The summed E-state index contributed by atoms with van der Waals surface area (Å²) < 4.78 is 19.3. The van der Waals surface area contributed by atoms with Crippen LogP contribution in [0.1, 0.15) is 18.6 Å². The van der Waals surface area contributed by atoms with Crippen LogP contribution in [0.25, 0.3) is 0 Å². The van der Waals surface area contributed by atoms with E-state index in [-0.39, 0.29) is 5.56 Å². The second kappa shape index (κ2) is 10.5. The van der Waals surface area contributed by atoms with E-state index in [2.05, 4.69) is 5.32 Å². The van der Waals surface area contributed by atoms with Gasteiger partial charge in [0.05, 0.1) is 0 Å². The summed E-state index contributed by atoms with van der Waals surface area (Å²) in [4.78, 5) is 24.6. The minimum Gasteiger partial charge on any atom is -0.505 e. The van der Waals surface area contributed by atoms with Crippen LogP contribution >= 0.6 is 11.8 Å². The zero-order chi connectivity index (χ0) is 21.4. The molecule has 0 aliphatic carbocycles. The van der Waals surface area contributed by atoms with Crippen molar-refractivity contribution in [1.29, 1.82) is 0 Å². The zero-order valence-electron chi connectivity index (χ0n) is 15.8. The van der Waals surface area contributed by atoms with Crippen molar-refractivity contribution in [3.05, 3.63) is 66.0 Å². The molecule has 0 saturated heterocycles. The summed E-state index contributed by atoms with van der Waals surface area (Å²) in [5.41, 5.74) is 2.26. The molecule has 154 valence electrons. The Morgan fingerprint density at radius 2 is 1.90 bits per heavy atom. The summed E-state index contributed by atoms with van der Waals surface area (Å²) in [6.45, 7) is 1.65. The van der Waals surface area contributed by atoms with Crippen LogP contribution in [0.3, 0.4) is 0 Å². The third-order valence-corrected chi connectivity index (χ3v) is 4.75. The summed E-state index contributed by atoms with van der Waals surface area (Å²) >= 11 is 1.56. The lowest BCUT2D eigenvalue weighted by atomic mass is 9.96. The monoisotopic (exact) mass is 420 g/mol. The molecule has 4 N–H and O–H groups in total. The standard InChI is InChI=1S/C20H21FN2O5S/c1-12(3-10-18(25)23-27)19(13-4-9-17(24)16(21)11-13)28-20(26)22-14-5-7-15(29-2)8-6-14/h3-12,19,24,27H,1-2H3,(H,22,26)(H,23,25)/b10-3+/t12-,19+/m1/s1. The van der Waals surface area contributed by atoms with Crippen molar-refractivity contribution in [2.75, 3.05) is 11.6 Å². The van der Waals surface area contributed by atoms with Gasteiger partial charge in [0.15, 0.2) is 11.6 Å². The predicted octanol–water partition coefficient (Wildman–Crippen LogP) is 4.24. The van der Waals surface area contributed by atoms with Crippen LogP contribution < -0.4 is 10.8 Å². The van der Waals surface area contributed by atoms with Crippen LogP contribution in [0, 0.1) is 11.7 Å². The highest BCUT2D eigenvalue weighted by Crippen LogP contribution is 2.30. The lowest BCUT2D eigenvalue weighted by Gasteiger charge is -2.23. The summed E-state index contributed by atoms with van der Waals surface area (Å²) in [6.07, 6.45) is 2.67. The maximum Gasteiger partial charge on any atom is 0.412 e. The van der Waals surface area contributed by atoms with Crippen LogP contribution in [0.2, 0.25) is 0 Å². The number of halogens is 1. The maximum absolute atomic E-state index is 13.8. The van der Waals surface area contributed by atoms with Crippen LogP contribution in [0.5, 0.6) is 5.75 Å². The van der Waals surface area contributed by atoms with Gasteiger partial charge in [-0.25, -0.2) is 14.7 Å². The number of amides is 2. The molecule has 0 heterocycles. The second-order valence-corrected chi connectivity index (χ2v) is 6.96. The first-order chi connectivity index (χ1) is 13.8. The number of thioether (sulfide) groups is 1. The molecule has 9 heteroatoms. The molecule has 7 nitrogen and oxygen atoms in total. The molecular weight excluding hydrogens is 399 g/mol. The van der Waals surface area contributed by atoms with Gasteiger partial charge < -0.3 is 9.84 Å². The van der Waals surface area contributed by atoms with Gasteiger partial charge in [0.1, 0.15) is 6.10 Å². The average molecular weight is 420 g/mol. The molecular formula is C20H21FN2O5S. The Morgan fingerprint density at radius 1 is 1.21 bits per heavy atom. The van der Waals surface area contributed by atoms with E-state index in [4.69, 9.17) is 9.94 Å². The van der Waals surface area contributed by atoms with Crippen molar-refractivity contribution in [3.8, 4) is 5.75 Å². The van der Waals surface area contributed by atoms with E-state index in [9.17, 15) is 19.1 Å². The van der Waals surface area contributed by atoms with Gasteiger partial charge in [-0.15, -0.1) is 11.8 Å². The minimum atomic E-state index is -0.960. The van der Waals surface area contributed by atoms with Gasteiger partial charge in [-0.1, -0.05) is 19.1 Å². The molecule has 0 unspecified atom stereocenters. The third-order valence-electron chi connectivity index (χ3n) is 4.01. The Labute approximate surface area is 171 Å². The van der Waals surface area contributed by atoms with Crippen LogP contribution in [0.15, 0.2) is 59.5 Å². The number of phenolic OH excluding ortho intramolecular Hbond substituents is 1. The van der Waals surface area contributed by atoms with E-state index in [1.165, 1.54) is 17.6 Å². The average Bonchev–Trinajstić information content (AvgIpc) is 2.72. The number of rotatable bonds is 7. The highest BCUT2D eigenvalue weighted by molar-refractivity contribution is 7.98. The van der Waals surface area contributed by atoms with Gasteiger partial charge in [-0.3, -0.25) is 15.3 Å². The van der Waals surface area contributed by atoms with Gasteiger partial charge in [0.2, 0.25) is 0 Å². The van der Waals surface area contributed by atoms with Gasteiger partial charge in [0, 0.05) is 22.6 Å². The quantitative estimate of drug-likeness (QED) is 0.231. The van der Waals surface area contributed by atoms with Crippen LogP contribution in [0.4, 0.5) is 14.9 Å². The molecule has 0 bridgehead atoms. The molecule has 0 radical (unpaired) electrons. The molecule has 0 saturated carbocycles. The number of hydrogen-bond acceptors (Lipinski definition) is 6. The number of aromatic hydroxyl groups is 1. The number of hydroxylamine groups is 1. The third kappa shape index (κ3) is 6.51. The van der Waals surface area contributed by atoms with Crippen LogP contribution in [-0.4, -0.2) is 28.6 Å². The number of nitrogens with one attached hydrogen (secondary N) is 2. The van der Waals surface area contributed by atoms with E-state index in [0.717, 1.165) is 23.1 Å². The molecule has 0 aliphatic rings. The molecule has 0 aromatic heterocycles. The fraction of sp³-hybridized carbons (Fsp3) is 0.200. The molecule has 2 atom stereocenters. The molecule has 0 fully saturated rings. The van der Waals surface area contributed by atoms with Crippen molar-refractivity contribution in [1.82, 2.24) is 5.48 Å². The summed E-state index contributed by atoms with van der Waals surface area (Å²) in [5.74, 6) is -2.71. The number of carbonyl (C=O) groups is 2. The van der Waals surface area contributed by atoms with Crippen molar-refractivity contribution < 1.29 is 29.0 Å². The minimum absolute atomic E-state index is 0.287. The number of benzene rings is 2. The fourth-order valence-corrected chi connectivity index (χ4v) is 2.90. The Kier molecular flexibility index (Phi) is 8.05. The highest BCUT2D eigenvalue weighted by atomic mass is 32.2. The van der Waals surface area contributed by atoms with Crippen LogP contribution in [-0.2, 0) is 9.53 Å². The Morgan fingerprint density at radius 3 is 2.48 bits per heavy atom.